The maximum Gasteiger partial charge on any atom is 0.256 e. The molecule has 0 atom stereocenters. The van der Waals surface area contributed by atoms with Crippen LogP contribution in [0.3, 0.4) is 0 Å². The first-order valence-electron chi connectivity index (χ1n) is 4.22. The Kier molecular flexibility index (Phi) is 1.53. The number of rotatable bonds is 2. The molecule has 1 aliphatic heterocycles. The lowest BCUT2D eigenvalue weighted by Gasteiger charge is -2.12. The average Bonchev–Trinajstić information content (AvgIpc) is 2.77. The summed E-state index contributed by atoms with van der Waals surface area (Å²) in [5, 5.41) is 0. The summed E-state index contributed by atoms with van der Waals surface area (Å²) >= 11 is 0. The smallest absolute Gasteiger partial charge is 0.256 e. The topological polar surface area (TPSA) is 37.4 Å². The Morgan fingerprint density at radius 2 is 2.17 bits per heavy atom. The Morgan fingerprint density at radius 3 is 2.58 bits per heavy atom. The van der Waals surface area contributed by atoms with E-state index in [1.807, 2.05) is 0 Å². The number of hydrogen-bond acceptors (Lipinski definition) is 2. The third kappa shape index (κ3) is 1.15. The summed E-state index contributed by atoms with van der Waals surface area (Å²) in [6.45, 7) is 2.32. The summed E-state index contributed by atoms with van der Waals surface area (Å²) in [4.78, 5) is 23.9. The molecule has 0 saturated heterocycles. The number of carbonyl (C=O) groups is 2. The second-order valence-corrected chi connectivity index (χ2v) is 3.52. The maximum atomic E-state index is 11.3. The van der Waals surface area contributed by atoms with Crippen molar-refractivity contribution in [3.8, 4) is 0 Å². The molecular formula is C9H11NO2. The van der Waals surface area contributed by atoms with Crippen molar-refractivity contribution in [2.24, 2.45) is 5.92 Å². The van der Waals surface area contributed by atoms with Crippen LogP contribution in [0.1, 0.15) is 19.8 Å². The summed E-state index contributed by atoms with van der Waals surface area (Å²) in [5.74, 6) is 0.341. The van der Waals surface area contributed by atoms with Crippen molar-refractivity contribution in [3.05, 3.63) is 11.6 Å². The fraction of sp³-hybridized carbons (Fsp3) is 0.556. The van der Waals surface area contributed by atoms with Crippen LogP contribution in [0.15, 0.2) is 11.6 Å². The molecule has 1 saturated carbocycles. The van der Waals surface area contributed by atoms with Crippen LogP contribution in [0.2, 0.25) is 0 Å². The molecule has 3 heteroatoms. The number of nitrogens with zero attached hydrogens (tertiary/aromatic N) is 1. The van der Waals surface area contributed by atoms with Gasteiger partial charge in [0.2, 0.25) is 0 Å². The van der Waals surface area contributed by atoms with E-state index in [1.165, 1.54) is 11.0 Å². The molecule has 3 nitrogen and oxygen atoms in total. The first kappa shape index (κ1) is 7.53. The van der Waals surface area contributed by atoms with Crippen molar-refractivity contribution in [1.29, 1.82) is 0 Å². The molecule has 0 bridgehead atoms. The van der Waals surface area contributed by atoms with Crippen molar-refractivity contribution in [2.75, 3.05) is 6.54 Å². The fourth-order valence-electron chi connectivity index (χ4n) is 1.37. The molecule has 0 N–H and O–H groups in total. The van der Waals surface area contributed by atoms with E-state index < -0.39 is 0 Å². The first-order chi connectivity index (χ1) is 5.68. The molecule has 2 amide bonds. The third-order valence-electron chi connectivity index (χ3n) is 2.33. The molecule has 2 rings (SSSR count). The molecule has 1 fully saturated rings. The van der Waals surface area contributed by atoms with Gasteiger partial charge in [-0.05, 0) is 25.7 Å². The van der Waals surface area contributed by atoms with Crippen molar-refractivity contribution in [2.45, 2.75) is 19.8 Å². The van der Waals surface area contributed by atoms with Crippen LogP contribution in [0.4, 0.5) is 0 Å². The standard InChI is InChI=1S/C9H11NO2/c1-6-4-8(11)10(9(6)12)5-7-2-3-7/h4,7H,2-3,5H2,1H3. The summed E-state index contributed by atoms with van der Waals surface area (Å²) in [7, 11) is 0. The average molecular weight is 165 g/mol. The Labute approximate surface area is 71.0 Å². The van der Waals surface area contributed by atoms with Crippen molar-refractivity contribution < 1.29 is 9.59 Å². The number of imide groups is 1. The molecule has 0 aromatic carbocycles. The summed E-state index contributed by atoms with van der Waals surface area (Å²) in [6.07, 6.45) is 3.75. The molecule has 12 heavy (non-hydrogen) atoms. The monoisotopic (exact) mass is 165 g/mol. The molecule has 1 aliphatic carbocycles. The van der Waals surface area contributed by atoms with Gasteiger partial charge >= 0.3 is 0 Å². The van der Waals surface area contributed by atoms with E-state index in [4.69, 9.17) is 0 Å². The zero-order valence-electron chi connectivity index (χ0n) is 7.04. The van der Waals surface area contributed by atoms with Crippen LogP contribution in [-0.4, -0.2) is 23.3 Å². The highest BCUT2D eigenvalue weighted by molar-refractivity contribution is 6.15. The van der Waals surface area contributed by atoms with Crippen molar-refractivity contribution in [1.82, 2.24) is 4.90 Å². The van der Waals surface area contributed by atoms with Gasteiger partial charge in [-0.15, -0.1) is 0 Å². The SMILES string of the molecule is CC1=CC(=O)N(CC2CC2)C1=O. The van der Waals surface area contributed by atoms with Gasteiger partial charge in [-0.25, -0.2) is 0 Å². The number of amides is 2. The Hall–Kier alpha value is -1.12. The fourth-order valence-corrected chi connectivity index (χ4v) is 1.37. The van der Waals surface area contributed by atoms with Gasteiger partial charge in [0.05, 0.1) is 0 Å². The second kappa shape index (κ2) is 2.44. The molecule has 0 radical (unpaired) electrons. The second-order valence-electron chi connectivity index (χ2n) is 3.52. The highest BCUT2D eigenvalue weighted by Gasteiger charge is 2.33. The highest BCUT2D eigenvalue weighted by Crippen LogP contribution is 2.31. The van der Waals surface area contributed by atoms with E-state index in [0.717, 1.165) is 12.8 Å². The van der Waals surface area contributed by atoms with E-state index in [1.54, 1.807) is 6.92 Å². The van der Waals surface area contributed by atoms with Gasteiger partial charge in [-0.1, -0.05) is 0 Å². The Balaban J connectivity index is 2.06. The minimum atomic E-state index is -0.135. The summed E-state index contributed by atoms with van der Waals surface area (Å²) < 4.78 is 0. The normalized spacial score (nSPS) is 23.4. The van der Waals surface area contributed by atoms with Crippen LogP contribution in [0.25, 0.3) is 0 Å². The third-order valence-corrected chi connectivity index (χ3v) is 2.33. The van der Waals surface area contributed by atoms with Crippen LogP contribution >= 0.6 is 0 Å². The van der Waals surface area contributed by atoms with Crippen molar-refractivity contribution in [3.63, 3.8) is 0 Å². The molecule has 0 spiro atoms. The van der Waals surface area contributed by atoms with E-state index in [2.05, 4.69) is 0 Å². The lowest BCUT2D eigenvalue weighted by atomic mass is 10.3. The van der Waals surface area contributed by atoms with Gasteiger partial charge in [0, 0.05) is 18.2 Å². The lowest BCUT2D eigenvalue weighted by molar-refractivity contribution is -0.137. The van der Waals surface area contributed by atoms with Crippen LogP contribution in [0.5, 0.6) is 0 Å². The molecule has 1 heterocycles. The predicted molar refractivity (Wildman–Crippen MR) is 43.2 cm³/mol. The van der Waals surface area contributed by atoms with E-state index >= 15 is 0 Å². The van der Waals surface area contributed by atoms with Crippen LogP contribution in [-0.2, 0) is 9.59 Å². The van der Waals surface area contributed by atoms with Gasteiger partial charge in [0.1, 0.15) is 0 Å². The van der Waals surface area contributed by atoms with Crippen LogP contribution in [0, 0.1) is 5.92 Å². The largest absolute Gasteiger partial charge is 0.275 e. The van der Waals surface area contributed by atoms with E-state index in [-0.39, 0.29) is 11.8 Å². The van der Waals surface area contributed by atoms with Gasteiger partial charge < -0.3 is 0 Å². The molecule has 0 unspecified atom stereocenters. The van der Waals surface area contributed by atoms with Gasteiger partial charge in [0.15, 0.2) is 0 Å². The Morgan fingerprint density at radius 1 is 1.50 bits per heavy atom. The lowest BCUT2D eigenvalue weighted by Crippen LogP contribution is -2.32. The minimum Gasteiger partial charge on any atom is -0.275 e. The van der Waals surface area contributed by atoms with E-state index in [9.17, 15) is 9.59 Å². The van der Waals surface area contributed by atoms with Crippen molar-refractivity contribution >= 4 is 11.8 Å². The first-order valence-corrected chi connectivity index (χ1v) is 4.22. The van der Waals surface area contributed by atoms with Gasteiger partial charge in [-0.3, -0.25) is 14.5 Å². The highest BCUT2D eigenvalue weighted by atomic mass is 16.2. The summed E-state index contributed by atoms with van der Waals surface area (Å²) in [6, 6.07) is 0. The molecule has 2 aliphatic rings. The number of carbonyl (C=O) groups excluding carboxylic acids is 2. The molecular weight excluding hydrogens is 154 g/mol. The molecule has 0 aromatic heterocycles. The summed E-state index contributed by atoms with van der Waals surface area (Å²) in [5.41, 5.74) is 0.570. The predicted octanol–water partition coefficient (Wildman–Crippen LogP) is 0.712. The Bertz CT molecular complexity index is 276. The van der Waals surface area contributed by atoms with Crippen LogP contribution < -0.4 is 0 Å². The zero-order valence-corrected chi connectivity index (χ0v) is 7.04. The minimum absolute atomic E-state index is 0.105. The zero-order chi connectivity index (χ0) is 8.72. The maximum absolute atomic E-state index is 11.3. The molecule has 64 valence electrons. The van der Waals surface area contributed by atoms with Gasteiger partial charge in [0.25, 0.3) is 11.8 Å². The number of hydrogen-bond donors (Lipinski definition) is 0. The van der Waals surface area contributed by atoms with Gasteiger partial charge in [-0.2, -0.15) is 0 Å². The quantitative estimate of drug-likeness (QED) is 0.565. The van der Waals surface area contributed by atoms with E-state index in [0.29, 0.717) is 18.0 Å². The molecule has 0 aromatic rings.